The molecule has 0 radical (unpaired) electrons. The van der Waals surface area contributed by atoms with Crippen LogP contribution >= 0.6 is 23.2 Å². The first-order valence-corrected chi connectivity index (χ1v) is 15.4. The fourth-order valence-electron chi connectivity index (χ4n) is 4.30. The molecule has 0 saturated heterocycles. The Labute approximate surface area is 262 Å². The van der Waals surface area contributed by atoms with Crippen molar-refractivity contribution in [3.63, 3.8) is 0 Å². The van der Waals surface area contributed by atoms with E-state index in [2.05, 4.69) is 5.32 Å². The number of ether oxygens (including phenoxy) is 3. The zero-order valence-corrected chi connectivity index (χ0v) is 27.1. The Morgan fingerprint density at radius 3 is 2.07 bits per heavy atom. The van der Waals surface area contributed by atoms with Gasteiger partial charge in [0.2, 0.25) is 11.8 Å². The zero-order valence-electron chi connectivity index (χ0n) is 24.8. The van der Waals surface area contributed by atoms with Crippen molar-refractivity contribution in [1.29, 1.82) is 0 Å². The highest BCUT2D eigenvalue weighted by Crippen LogP contribution is 2.37. The lowest BCUT2D eigenvalue weighted by atomic mass is 10.1. The van der Waals surface area contributed by atoms with Crippen LogP contribution in [0.25, 0.3) is 0 Å². The summed E-state index contributed by atoms with van der Waals surface area (Å²) in [5, 5.41) is 3.48. The molecular weight excluding hydrogens is 617 g/mol. The van der Waals surface area contributed by atoms with E-state index in [0.29, 0.717) is 16.3 Å². The summed E-state index contributed by atoms with van der Waals surface area (Å²) in [6.45, 7) is 4.48. The second-order valence-electron chi connectivity index (χ2n) is 9.84. The second-order valence-corrected chi connectivity index (χ2v) is 12.6. The van der Waals surface area contributed by atoms with Gasteiger partial charge in [-0.2, -0.15) is 0 Å². The number of sulfonamides is 1. The lowest BCUT2D eigenvalue weighted by Crippen LogP contribution is -2.52. The van der Waals surface area contributed by atoms with Gasteiger partial charge in [0.1, 0.15) is 18.3 Å². The molecular formula is C30H35Cl2N3O7S. The van der Waals surface area contributed by atoms with E-state index in [1.165, 1.54) is 62.6 Å². The average molecular weight is 653 g/mol. The van der Waals surface area contributed by atoms with Crippen LogP contribution in [0.1, 0.15) is 26.3 Å². The van der Waals surface area contributed by atoms with Crippen LogP contribution in [0.15, 0.2) is 65.6 Å². The van der Waals surface area contributed by atoms with E-state index in [-0.39, 0.29) is 39.7 Å². The van der Waals surface area contributed by atoms with Crippen molar-refractivity contribution in [3.05, 3.63) is 76.3 Å². The quantitative estimate of drug-likeness (QED) is 0.272. The van der Waals surface area contributed by atoms with E-state index in [1.54, 1.807) is 45.0 Å². The maximum atomic E-state index is 14.3. The molecule has 1 atom stereocenters. The molecule has 0 fully saturated rings. The number of hydrogen-bond donors (Lipinski definition) is 1. The third-order valence-electron chi connectivity index (χ3n) is 6.47. The van der Waals surface area contributed by atoms with E-state index in [4.69, 9.17) is 37.4 Å². The highest BCUT2D eigenvalue weighted by atomic mass is 35.5. The van der Waals surface area contributed by atoms with E-state index in [1.807, 2.05) is 0 Å². The highest BCUT2D eigenvalue weighted by molar-refractivity contribution is 7.92. The van der Waals surface area contributed by atoms with Crippen molar-refractivity contribution in [1.82, 2.24) is 10.2 Å². The maximum absolute atomic E-state index is 14.3. The number of anilines is 1. The predicted molar refractivity (Wildman–Crippen MR) is 167 cm³/mol. The van der Waals surface area contributed by atoms with Gasteiger partial charge in [-0.1, -0.05) is 35.3 Å². The van der Waals surface area contributed by atoms with Gasteiger partial charge in [0.15, 0.2) is 11.5 Å². The molecule has 0 aliphatic carbocycles. The monoisotopic (exact) mass is 651 g/mol. The number of carbonyl (C=O) groups is 2. The number of carbonyl (C=O) groups excluding carboxylic acids is 2. The number of halogens is 2. The van der Waals surface area contributed by atoms with Gasteiger partial charge in [-0.15, -0.1) is 0 Å². The molecule has 43 heavy (non-hydrogen) atoms. The fraction of sp³-hybridized carbons (Fsp3) is 0.333. The van der Waals surface area contributed by atoms with Gasteiger partial charge in [0.25, 0.3) is 10.0 Å². The molecule has 3 aromatic rings. The number of methoxy groups -OCH3 is 3. The first-order chi connectivity index (χ1) is 20.3. The van der Waals surface area contributed by atoms with Crippen LogP contribution in [0.4, 0.5) is 5.69 Å². The lowest BCUT2D eigenvalue weighted by Gasteiger charge is -2.32. The minimum absolute atomic E-state index is 0.0109. The Kier molecular flexibility index (Phi) is 11.5. The summed E-state index contributed by atoms with van der Waals surface area (Å²) in [5.41, 5.74) is 0.680. The van der Waals surface area contributed by atoms with E-state index < -0.39 is 34.4 Å². The minimum Gasteiger partial charge on any atom is -0.495 e. The third kappa shape index (κ3) is 8.25. The Bertz CT molecular complexity index is 1570. The Balaban J connectivity index is 2.15. The normalized spacial score (nSPS) is 11.9. The summed E-state index contributed by atoms with van der Waals surface area (Å²) < 4.78 is 45.5. The lowest BCUT2D eigenvalue weighted by molar-refractivity contribution is -0.139. The van der Waals surface area contributed by atoms with Gasteiger partial charge in [0.05, 0.1) is 31.9 Å². The van der Waals surface area contributed by atoms with Gasteiger partial charge >= 0.3 is 0 Å². The van der Waals surface area contributed by atoms with Crippen LogP contribution in [-0.4, -0.2) is 65.1 Å². The number of hydrogen-bond acceptors (Lipinski definition) is 7. The van der Waals surface area contributed by atoms with Crippen LogP contribution in [0.2, 0.25) is 10.0 Å². The molecule has 0 heterocycles. The number of rotatable bonds is 13. The van der Waals surface area contributed by atoms with Crippen LogP contribution in [-0.2, 0) is 26.2 Å². The summed E-state index contributed by atoms with van der Waals surface area (Å²) in [6.07, 6.45) is 0. The molecule has 10 nitrogen and oxygen atoms in total. The molecule has 2 amide bonds. The number of benzene rings is 3. The van der Waals surface area contributed by atoms with E-state index >= 15 is 0 Å². The molecule has 0 unspecified atom stereocenters. The van der Waals surface area contributed by atoms with E-state index in [9.17, 15) is 18.0 Å². The van der Waals surface area contributed by atoms with Gasteiger partial charge in [0, 0.05) is 28.7 Å². The topological polar surface area (TPSA) is 114 Å². The molecule has 232 valence electrons. The smallest absolute Gasteiger partial charge is 0.265 e. The molecule has 0 aromatic heterocycles. The van der Waals surface area contributed by atoms with Crippen molar-refractivity contribution in [2.45, 2.75) is 44.3 Å². The van der Waals surface area contributed by atoms with Gasteiger partial charge < -0.3 is 24.4 Å². The predicted octanol–water partition coefficient (Wildman–Crippen LogP) is 5.16. The average Bonchev–Trinajstić information content (AvgIpc) is 2.97. The SMILES string of the molecule is COc1ccc(S(=O)(=O)N(CC(=O)N(Cc2cccc(Cl)c2)[C@H](C)C(=O)NC(C)C)c2cc(Cl)ccc2OC)cc1OC. The van der Waals surface area contributed by atoms with Gasteiger partial charge in [-0.3, -0.25) is 13.9 Å². The largest absolute Gasteiger partial charge is 0.495 e. The molecule has 0 aliphatic heterocycles. The van der Waals surface area contributed by atoms with Crippen molar-refractivity contribution in [2.75, 3.05) is 32.2 Å². The van der Waals surface area contributed by atoms with Crippen LogP contribution in [0, 0.1) is 0 Å². The van der Waals surface area contributed by atoms with E-state index in [0.717, 1.165) is 4.31 Å². The molecule has 0 aliphatic rings. The molecule has 0 saturated carbocycles. The van der Waals surface area contributed by atoms with Crippen molar-refractivity contribution < 1.29 is 32.2 Å². The standard InChI is InChI=1S/C30H35Cl2N3O7S/c1-19(2)33-30(37)20(3)34(17-21-8-7-9-22(31)14-21)29(36)18-35(25-15-23(32)10-12-26(25)40-4)43(38,39)24-11-13-27(41-5)28(16-24)42-6/h7-16,19-20H,17-18H2,1-6H3,(H,33,37)/t20-/m1/s1. The van der Waals surface area contributed by atoms with Crippen LogP contribution < -0.4 is 23.8 Å². The first kappa shape index (κ1) is 33.8. The third-order valence-corrected chi connectivity index (χ3v) is 8.70. The van der Waals surface area contributed by atoms with Crippen molar-refractivity contribution >= 4 is 50.7 Å². The Hall–Kier alpha value is -3.67. The summed E-state index contributed by atoms with van der Waals surface area (Å²) in [4.78, 5) is 28.3. The highest BCUT2D eigenvalue weighted by Gasteiger charge is 2.34. The molecule has 3 rings (SSSR count). The summed E-state index contributed by atoms with van der Waals surface area (Å²) >= 11 is 12.5. The fourth-order valence-corrected chi connectivity index (χ4v) is 6.11. The molecule has 0 bridgehead atoms. The Morgan fingerprint density at radius 1 is 0.837 bits per heavy atom. The molecule has 0 spiro atoms. The summed E-state index contributed by atoms with van der Waals surface area (Å²) in [7, 11) is -0.258. The van der Waals surface area contributed by atoms with Crippen LogP contribution in [0.3, 0.4) is 0 Å². The van der Waals surface area contributed by atoms with Crippen molar-refractivity contribution in [2.24, 2.45) is 0 Å². The molecule has 1 N–H and O–H groups in total. The van der Waals surface area contributed by atoms with Crippen molar-refractivity contribution in [3.8, 4) is 17.2 Å². The van der Waals surface area contributed by atoms with Gasteiger partial charge in [-0.25, -0.2) is 8.42 Å². The maximum Gasteiger partial charge on any atom is 0.265 e. The number of nitrogens with one attached hydrogen (secondary N) is 1. The first-order valence-electron chi connectivity index (χ1n) is 13.2. The van der Waals surface area contributed by atoms with Crippen LogP contribution in [0.5, 0.6) is 17.2 Å². The summed E-state index contributed by atoms with van der Waals surface area (Å²) in [6, 6.07) is 14.2. The summed E-state index contributed by atoms with van der Waals surface area (Å²) in [5.74, 6) is -0.401. The Morgan fingerprint density at radius 2 is 1.47 bits per heavy atom. The molecule has 3 aromatic carbocycles. The number of nitrogens with zero attached hydrogens (tertiary/aromatic N) is 2. The second kappa shape index (κ2) is 14.7. The minimum atomic E-state index is -4.44. The zero-order chi connectivity index (χ0) is 31.9. The number of amides is 2. The van der Waals surface area contributed by atoms with Gasteiger partial charge in [-0.05, 0) is 68.8 Å². The molecule has 13 heteroatoms.